The van der Waals surface area contributed by atoms with E-state index in [9.17, 15) is 13.2 Å². The second-order valence-corrected chi connectivity index (χ2v) is 9.07. The molecule has 0 bridgehead atoms. The maximum atomic E-state index is 12.9. The number of fused-ring (bicyclic) bond motifs is 4. The van der Waals surface area contributed by atoms with Crippen LogP contribution in [0.5, 0.6) is 5.75 Å². The highest BCUT2D eigenvalue weighted by molar-refractivity contribution is 7.92. The number of sulfonamides is 1. The molecule has 0 fully saturated rings. The number of ether oxygens (including phenoxy) is 1. The van der Waals surface area contributed by atoms with E-state index in [0.29, 0.717) is 22.7 Å². The van der Waals surface area contributed by atoms with Crippen molar-refractivity contribution in [3.63, 3.8) is 0 Å². The Morgan fingerprint density at radius 2 is 1.73 bits per heavy atom. The molecule has 0 saturated carbocycles. The number of anilines is 2. The highest BCUT2D eigenvalue weighted by Gasteiger charge is 2.34. The third kappa shape index (κ3) is 3.15. The van der Waals surface area contributed by atoms with Crippen molar-refractivity contribution < 1.29 is 22.4 Å². The minimum Gasteiger partial charge on any atom is -0.476 e. The van der Waals surface area contributed by atoms with E-state index in [-0.39, 0.29) is 6.54 Å². The molecule has 0 unspecified atom stereocenters. The summed E-state index contributed by atoms with van der Waals surface area (Å²) < 4.78 is 37.3. The van der Waals surface area contributed by atoms with E-state index in [1.54, 1.807) is 36.4 Å². The second kappa shape index (κ2) is 6.77. The maximum absolute atomic E-state index is 12.9. The zero-order chi connectivity index (χ0) is 20.9. The van der Waals surface area contributed by atoms with Gasteiger partial charge in [0, 0.05) is 22.5 Å². The van der Waals surface area contributed by atoms with E-state index in [0.717, 1.165) is 22.6 Å². The molecule has 1 aromatic heterocycles. The van der Waals surface area contributed by atoms with Gasteiger partial charge in [0.05, 0.1) is 18.5 Å². The van der Waals surface area contributed by atoms with Crippen LogP contribution in [0.4, 0.5) is 11.4 Å². The predicted molar refractivity (Wildman–Crippen MR) is 115 cm³/mol. The number of hydrogen-bond donors (Lipinski definition) is 1. The van der Waals surface area contributed by atoms with Gasteiger partial charge in [0.15, 0.2) is 6.10 Å². The van der Waals surface area contributed by atoms with Crippen LogP contribution >= 0.6 is 0 Å². The molecule has 0 saturated heterocycles. The molecule has 2 heterocycles. The second-order valence-electron chi connectivity index (χ2n) is 7.17. The van der Waals surface area contributed by atoms with E-state index in [2.05, 4.69) is 5.32 Å². The van der Waals surface area contributed by atoms with Gasteiger partial charge in [-0.1, -0.05) is 30.3 Å². The van der Waals surface area contributed by atoms with Crippen LogP contribution < -0.4 is 14.4 Å². The molecule has 0 radical (unpaired) electrons. The van der Waals surface area contributed by atoms with Crippen LogP contribution in [0, 0.1) is 0 Å². The number of hydrogen-bond acceptors (Lipinski definition) is 5. The van der Waals surface area contributed by atoms with E-state index in [1.165, 1.54) is 4.31 Å². The van der Waals surface area contributed by atoms with Crippen molar-refractivity contribution in [2.24, 2.45) is 0 Å². The molecule has 1 atom stereocenters. The summed E-state index contributed by atoms with van der Waals surface area (Å²) in [6.45, 7) is -0.103. The third-order valence-corrected chi connectivity index (χ3v) is 6.22. The Hall–Kier alpha value is -3.52. The van der Waals surface area contributed by atoms with Gasteiger partial charge in [-0.3, -0.25) is 9.10 Å². The topological polar surface area (TPSA) is 88.9 Å². The fraction of sp³-hybridized carbons (Fsp3) is 0.136. The minimum absolute atomic E-state index is 0.103. The fourth-order valence-electron chi connectivity index (χ4n) is 3.68. The largest absolute Gasteiger partial charge is 0.476 e. The molecule has 4 aromatic rings. The average molecular weight is 422 g/mol. The molecule has 0 spiro atoms. The van der Waals surface area contributed by atoms with E-state index in [4.69, 9.17) is 9.15 Å². The van der Waals surface area contributed by atoms with Gasteiger partial charge in [-0.05, 0) is 30.3 Å². The van der Waals surface area contributed by atoms with Gasteiger partial charge in [-0.2, -0.15) is 0 Å². The third-order valence-electron chi connectivity index (χ3n) is 5.07. The molecule has 5 rings (SSSR count). The number of carbonyl (C=O) groups excluding carboxylic acids is 1. The summed E-state index contributed by atoms with van der Waals surface area (Å²) >= 11 is 0. The zero-order valence-corrected chi connectivity index (χ0v) is 16.8. The molecule has 0 aliphatic carbocycles. The highest BCUT2D eigenvalue weighted by Crippen LogP contribution is 2.35. The number of nitrogens with one attached hydrogen (secondary N) is 1. The molecule has 152 valence electrons. The molecule has 7 nitrogen and oxygen atoms in total. The van der Waals surface area contributed by atoms with Crippen molar-refractivity contribution >= 4 is 49.2 Å². The van der Waals surface area contributed by atoms with Crippen molar-refractivity contribution in [1.29, 1.82) is 0 Å². The summed E-state index contributed by atoms with van der Waals surface area (Å²) in [6.07, 6.45) is 0.125. The molecule has 1 amide bonds. The van der Waals surface area contributed by atoms with Crippen molar-refractivity contribution in [3.05, 3.63) is 66.7 Å². The first-order valence-electron chi connectivity index (χ1n) is 9.36. The van der Waals surface area contributed by atoms with Crippen LogP contribution in [0.25, 0.3) is 21.9 Å². The Morgan fingerprint density at radius 1 is 1.00 bits per heavy atom. The first-order chi connectivity index (χ1) is 14.4. The van der Waals surface area contributed by atoms with E-state index < -0.39 is 22.0 Å². The Bertz CT molecular complexity index is 1390. The van der Waals surface area contributed by atoms with E-state index in [1.807, 2.05) is 30.3 Å². The lowest BCUT2D eigenvalue weighted by molar-refractivity contribution is -0.122. The van der Waals surface area contributed by atoms with Gasteiger partial charge in [0.25, 0.3) is 5.91 Å². The Morgan fingerprint density at radius 3 is 2.57 bits per heavy atom. The van der Waals surface area contributed by atoms with Crippen molar-refractivity contribution in [2.75, 3.05) is 22.4 Å². The molecular formula is C22H18N2O5S. The smallest absolute Gasteiger partial charge is 0.267 e. The van der Waals surface area contributed by atoms with Crippen LogP contribution in [-0.4, -0.2) is 33.2 Å². The summed E-state index contributed by atoms with van der Waals surface area (Å²) in [5, 5.41) is 4.76. The monoisotopic (exact) mass is 422 g/mol. The van der Waals surface area contributed by atoms with Gasteiger partial charge in [0.2, 0.25) is 10.0 Å². The summed E-state index contributed by atoms with van der Waals surface area (Å²) in [5.41, 5.74) is 2.39. The normalized spacial score (nSPS) is 16.3. The molecule has 3 aromatic carbocycles. The summed E-state index contributed by atoms with van der Waals surface area (Å²) in [4.78, 5) is 12.9. The number of para-hydroxylation sites is 3. The molecule has 1 aliphatic rings. The number of benzene rings is 3. The van der Waals surface area contributed by atoms with Gasteiger partial charge in [0.1, 0.15) is 16.9 Å². The lowest BCUT2D eigenvalue weighted by Crippen LogP contribution is -2.48. The first kappa shape index (κ1) is 18.5. The molecule has 1 aliphatic heterocycles. The Balaban J connectivity index is 1.43. The zero-order valence-electron chi connectivity index (χ0n) is 16.0. The van der Waals surface area contributed by atoms with Crippen LogP contribution in [0.15, 0.2) is 71.1 Å². The lowest BCUT2D eigenvalue weighted by Gasteiger charge is -2.33. The number of carbonyl (C=O) groups is 1. The number of furan rings is 1. The SMILES string of the molecule is CS(=O)(=O)N1C[C@H](C(=O)Nc2ccc3c(c2)oc2ccccc23)Oc2ccccc21. The maximum Gasteiger partial charge on any atom is 0.267 e. The van der Waals surface area contributed by atoms with Crippen molar-refractivity contribution in [1.82, 2.24) is 0 Å². The van der Waals surface area contributed by atoms with Crippen LogP contribution in [0.3, 0.4) is 0 Å². The number of nitrogens with zero attached hydrogens (tertiary/aromatic N) is 1. The quantitative estimate of drug-likeness (QED) is 0.543. The first-order valence-corrected chi connectivity index (χ1v) is 11.2. The van der Waals surface area contributed by atoms with E-state index >= 15 is 0 Å². The Labute approximate surface area is 172 Å². The summed E-state index contributed by atoms with van der Waals surface area (Å²) in [5.74, 6) is -0.0873. The van der Waals surface area contributed by atoms with Crippen molar-refractivity contribution in [3.8, 4) is 5.75 Å². The fourth-order valence-corrected chi connectivity index (χ4v) is 4.59. The van der Waals surface area contributed by atoms with Crippen LogP contribution in [0.2, 0.25) is 0 Å². The van der Waals surface area contributed by atoms with Crippen molar-refractivity contribution in [2.45, 2.75) is 6.10 Å². The molecule has 8 heteroatoms. The van der Waals surface area contributed by atoms with Gasteiger partial charge < -0.3 is 14.5 Å². The summed E-state index contributed by atoms with van der Waals surface area (Å²) in [6, 6.07) is 19.9. The lowest BCUT2D eigenvalue weighted by atomic mass is 10.1. The molecule has 1 N–H and O–H groups in total. The van der Waals surface area contributed by atoms with Crippen LogP contribution in [-0.2, 0) is 14.8 Å². The molecular weight excluding hydrogens is 404 g/mol. The summed E-state index contributed by atoms with van der Waals surface area (Å²) in [7, 11) is -3.56. The number of amides is 1. The predicted octanol–water partition coefficient (Wildman–Crippen LogP) is 3.75. The highest BCUT2D eigenvalue weighted by atomic mass is 32.2. The number of rotatable bonds is 3. The average Bonchev–Trinajstić information content (AvgIpc) is 3.10. The van der Waals surface area contributed by atoms with Gasteiger partial charge in [-0.25, -0.2) is 8.42 Å². The van der Waals surface area contributed by atoms with Gasteiger partial charge in [-0.15, -0.1) is 0 Å². The standard InChI is InChI=1S/C22H18N2O5S/c1-30(26,27)24-13-21(29-19-9-5-3-7-17(19)24)22(25)23-14-10-11-16-15-6-2-4-8-18(15)28-20(16)12-14/h2-12,21H,13H2,1H3,(H,23,25)/t21-/m1/s1. The minimum atomic E-state index is -3.56. The Kier molecular flexibility index (Phi) is 4.18. The van der Waals surface area contributed by atoms with Crippen LogP contribution in [0.1, 0.15) is 0 Å². The molecule has 30 heavy (non-hydrogen) atoms. The van der Waals surface area contributed by atoms with Gasteiger partial charge >= 0.3 is 0 Å².